The third-order valence-electron chi connectivity index (χ3n) is 2.52. The van der Waals surface area contributed by atoms with Crippen LogP contribution in [0.5, 0.6) is 0 Å². The normalized spacial score (nSPS) is 12.9. The molecule has 0 saturated heterocycles. The molecule has 0 aliphatic rings. The maximum absolute atomic E-state index is 11.8. The van der Waals surface area contributed by atoms with E-state index in [-0.39, 0.29) is 11.8 Å². The van der Waals surface area contributed by atoms with Gasteiger partial charge in [-0.1, -0.05) is 6.92 Å². The molecular weight excluding hydrogens is 190 g/mol. The number of nitrogens with two attached hydrogens (primary N) is 1. The molecule has 2 N–H and O–H groups in total. The van der Waals surface area contributed by atoms with Crippen molar-refractivity contribution in [3.63, 3.8) is 0 Å². The van der Waals surface area contributed by atoms with Gasteiger partial charge in [-0.05, 0) is 33.5 Å². The molecule has 0 spiro atoms. The minimum Gasteiger partial charge on any atom is -0.344 e. The summed E-state index contributed by atoms with van der Waals surface area (Å²) in [5.74, 6) is 0.325. The van der Waals surface area contributed by atoms with Gasteiger partial charge in [-0.15, -0.1) is 0 Å². The molecule has 0 aromatic heterocycles. The fraction of sp³-hybridized carbons (Fsp3) is 0.909. The molecule has 0 radical (unpaired) electrons. The van der Waals surface area contributed by atoms with Gasteiger partial charge in [0, 0.05) is 26.1 Å². The molecule has 1 unspecified atom stereocenters. The molecule has 0 bridgehead atoms. The maximum Gasteiger partial charge on any atom is 0.225 e. The molecule has 4 nitrogen and oxygen atoms in total. The highest BCUT2D eigenvalue weighted by Gasteiger charge is 2.16. The predicted molar refractivity (Wildman–Crippen MR) is 63.6 cm³/mol. The van der Waals surface area contributed by atoms with Crippen LogP contribution in [0.3, 0.4) is 0 Å². The van der Waals surface area contributed by atoms with Crippen LogP contribution >= 0.6 is 0 Å². The van der Waals surface area contributed by atoms with Gasteiger partial charge in [-0.25, -0.2) is 0 Å². The predicted octanol–water partition coefficient (Wildman–Crippen LogP) is 0.381. The van der Waals surface area contributed by atoms with Gasteiger partial charge in [0.2, 0.25) is 5.91 Å². The smallest absolute Gasteiger partial charge is 0.225 e. The molecule has 0 aromatic rings. The molecular formula is C11H25N3O. The van der Waals surface area contributed by atoms with Crippen molar-refractivity contribution in [2.24, 2.45) is 11.7 Å². The quantitative estimate of drug-likeness (QED) is 0.668. The molecule has 0 rings (SSSR count). The van der Waals surface area contributed by atoms with Crippen molar-refractivity contribution in [3.8, 4) is 0 Å². The van der Waals surface area contributed by atoms with Crippen LogP contribution < -0.4 is 5.73 Å². The van der Waals surface area contributed by atoms with E-state index in [1.807, 2.05) is 28.1 Å². The lowest BCUT2D eigenvalue weighted by atomic mass is 10.0. The minimum absolute atomic E-state index is 0.0979. The van der Waals surface area contributed by atoms with E-state index in [2.05, 4.69) is 4.90 Å². The van der Waals surface area contributed by atoms with Crippen LogP contribution in [-0.2, 0) is 4.79 Å². The zero-order valence-electron chi connectivity index (χ0n) is 10.5. The summed E-state index contributed by atoms with van der Waals surface area (Å²) >= 11 is 0. The summed E-state index contributed by atoms with van der Waals surface area (Å²) in [7, 11) is 5.89. The topological polar surface area (TPSA) is 49.6 Å². The summed E-state index contributed by atoms with van der Waals surface area (Å²) < 4.78 is 0. The first-order chi connectivity index (χ1) is 6.99. The Bertz CT molecular complexity index is 183. The van der Waals surface area contributed by atoms with Crippen molar-refractivity contribution in [2.45, 2.75) is 19.8 Å². The standard InChI is InChI=1S/C11H25N3O/c1-10(6-5-7-12)11(15)14(4)9-8-13(2)3/h10H,5-9,12H2,1-4H3. The van der Waals surface area contributed by atoms with Crippen molar-refractivity contribution in [1.82, 2.24) is 9.80 Å². The van der Waals surface area contributed by atoms with E-state index in [1.54, 1.807) is 4.90 Å². The van der Waals surface area contributed by atoms with Crippen LogP contribution in [0.4, 0.5) is 0 Å². The van der Waals surface area contributed by atoms with E-state index in [1.165, 1.54) is 0 Å². The second-order valence-corrected chi connectivity index (χ2v) is 4.40. The van der Waals surface area contributed by atoms with Crippen LogP contribution in [-0.4, -0.2) is 56.5 Å². The monoisotopic (exact) mass is 215 g/mol. The summed E-state index contributed by atoms with van der Waals surface area (Å²) in [5, 5.41) is 0. The van der Waals surface area contributed by atoms with Gasteiger partial charge < -0.3 is 15.5 Å². The number of hydrogen-bond donors (Lipinski definition) is 1. The lowest BCUT2D eigenvalue weighted by molar-refractivity contribution is -0.134. The molecule has 0 fully saturated rings. The number of carbonyl (C=O) groups excluding carboxylic acids is 1. The van der Waals surface area contributed by atoms with Gasteiger partial charge in [-0.3, -0.25) is 4.79 Å². The molecule has 0 heterocycles. The Morgan fingerprint density at radius 2 is 1.87 bits per heavy atom. The molecule has 0 saturated carbocycles. The van der Waals surface area contributed by atoms with Gasteiger partial charge in [0.25, 0.3) is 0 Å². The van der Waals surface area contributed by atoms with Crippen molar-refractivity contribution in [3.05, 3.63) is 0 Å². The molecule has 90 valence electrons. The van der Waals surface area contributed by atoms with Crippen molar-refractivity contribution in [2.75, 3.05) is 40.8 Å². The highest BCUT2D eigenvalue weighted by Crippen LogP contribution is 2.08. The Hall–Kier alpha value is -0.610. The minimum atomic E-state index is 0.0979. The van der Waals surface area contributed by atoms with Crippen molar-refractivity contribution < 1.29 is 4.79 Å². The van der Waals surface area contributed by atoms with E-state index < -0.39 is 0 Å². The highest BCUT2D eigenvalue weighted by atomic mass is 16.2. The van der Waals surface area contributed by atoms with E-state index in [4.69, 9.17) is 5.73 Å². The van der Waals surface area contributed by atoms with Gasteiger partial charge in [0.1, 0.15) is 0 Å². The Balaban J connectivity index is 3.85. The third-order valence-corrected chi connectivity index (χ3v) is 2.52. The second-order valence-electron chi connectivity index (χ2n) is 4.40. The Morgan fingerprint density at radius 1 is 1.27 bits per heavy atom. The number of rotatable bonds is 7. The summed E-state index contributed by atoms with van der Waals surface area (Å²) in [6.45, 7) is 4.34. The molecule has 0 aromatic carbocycles. The van der Waals surface area contributed by atoms with Crippen LogP contribution in [0, 0.1) is 5.92 Å². The van der Waals surface area contributed by atoms with Gasteiger partial charge in [-0.2, -0.15) is 0 Å². The average Bonchev–Trinajstić information content (AvgIpc) is 2.21. The fourth-order valence-corrected chi connectivity index (χ4v) is 1.38. The summed E-state index contributed by atoms with van der Waals surface area (Å²) in [6, 6.07) is 0. The second kappa shape index (κ2) is 7.65. The third kappa shape index (κ3) is 6.47. The number of nitrogens with zero attached hydrogens (tertiary/aromatic N) is 2. The molecule has 0 aliphatic heterocycles. The highest BCUT2D eigenvalue weighted by molar-refractivity contribution is 5.78. The lowest BCUT2D eigenvalue weighted by Crippen LogP contribution is -2.36. The van der Waals surface area contributed by atoms with E-state index in [0.29, 0.717) is 6.54 Å². The number of hydrogen-bond acceptors (Lipinski definition) is 3. The first-order valence-electron chi connectivity index (χ1n) is 5.58. The summed E-state index contributed by atoms with van der Waals surface area (Å²) in [6.07, 6.45) is 1.82. The zero-order chi connectivity index (χ0) is 11.8. The Morgan fingerprint density at radius 3 is 2.33 bits per heavy atom. The van der Waals surface area contributed by atoms with Gasteiger partial charge in [0.15, 0.2) is 0 Å². The van der Waals surface area contributed by atoms with E-state index >= 15 is 0 Å². The first kappa shape index (κ1) is 14.4. The molecule has 1 atom stereocenters. The maximum atomic E-state index is 11.8. The number of likely N-dealkylation sites (N-methyl/N-ethyl adjacent to an activating group) is 2. The number of carbonyl (C=O) groups is 1. The van der Waals surface area contributed by atoms with Crippen molar-refractivity contribution in [1.29, 1.82) is 0 Å². The van der Waals surface area contributed by atoms with Crippen LogP contribution in [0.1, 0.15) is 19.8 Å². The van der Waals surface area contributed by atoms with E-state index in [9.17, 15) is 4.79 Å². The Kier molecular flexibility index (Phi) is 7.34. The van der Waals surface area contributed by atoms with Crippen LogP contribution in [0.15, 0.2) is 0 Å². The fourth-order valence-electron chi connectivity index (χ4n) is 1.38. The SMILES string of the molecule is CC(CCCN)C(=O)N(C)CCN(C)C. The van der Waals surface area contributed by atoms with Crippen LogP contribution in [0.25, 0.3) is 0 Å². The van der Waals surface area contributed by atoms with Gasteiger partial charge >= 0.3 is 0 Å². The van der Waals surface area contributed by atoms with Crippen molar-refractivity contribution >= 4 is 5.91 Å². The molecule has 1 amide bonds. The summed E-state index contributed by atoms with van der Waals surface area (Å²) in [5.41, 5.74) is 5.42. The summed E-state index contributed by atoms with van der Waals surface area (Å²) in [4.78, 5) is 15.7. The van der Waals surface area contributed by atoms with Gasteiger partial charge in [0.05, 0.1) is 0 Å². The Labute approximate surface area is 93.4 Å². The number of amides is 1. The molecule has 4 heteroatoms. The molecule has 15 heavy (non-hydrogen) atoms. The van der Waals surface area contributed by atoms with Crippen LogP contribution in [0.2, 0.25) is 0 Å². The first-order valence-corrected chi connectivity index (χ1v) is 5.58. The lowest BCUT2D eigenvalue weighted by Gasteiger charge is -2.22. The zero-order valence-corrected chi connectivity index (χ0v) is 10.5. The largest absolute Gasteiger partial charge is 0.344 e. The average molecular weight is 215 g/mol. The van der Waals surface area contributed by atoms with E-state index in [0.717, 1.165) is 25.9 Å². The molecule has 0 aliphatic carbocycles.